The molecule has 0 bridgehead atoms. The predicted molar refractivity (Wildman–Crippen MR) is 78.3 cm³/mol. The third kappa shape index (κ3) is 3.39. The van der Waals surface area contributed by atoms with E-state index in [1.807, 2.05) is 12.1 Å². The molecule has 110 valence electrons. The average molecular weight is 286 g/mol. The average Bonchev–Trinajstić information content (AvgIpc) is 2.90. The Balaban J connectivity index is 1.56. The van der Waals surface area contributed by atoms with Crippen molar-refractivity contribution in [2.24, 2.45) is 0 Å². The number of hydrogen-bond acceptors (Lipinski definition) is 4. The maximum Gasteiger partial charge on any atom is 0.264 e. The predicted octanol–water partition coefficient (Wildman–Crippen LogP) is 2.01. The normalized spacial score (nSPS) is 13.6. The van der Waals surface area contributed by atoms with Crippen molar-refractivity contribution in [3.8, 4) is 5.75 Å². The SMILES string of the molecule is Cc1nc(NC(=O)COc2ccc3c(c2)CCCC3)n[nH]1. The lowest BCUT2D eigenvalue weighted by molar-refractivity contribution is -0.118. The van der Waals surface area contributed by atoms with Crippen molar-refractivity contribution in [2.45, 2.75) is 32.6 Å². The lowest BCUT2D eigenvalue weighted by Gasteiger charge is -2.16. The van der Waals surface area contributed by atoms with Gasteiger partial charge in [0.05, 0.1) is 0 Å². The minimum atomic E-state index is -0.272. The third-order valence-electron chi connectivity index (χ3n) is 3.54. The van der Waals surface area contributed by atoms with Gasteiger partial charge >= 0.3 is 0 Å². The lowest BCUT2D eigenvalue weighted by Crippen LogP contribution is -2.21. The molecule has 2 N–H and O–H groups in total. The van der Waals surface area contributed by atoms with E-state index in [4.69, 9.17) is 4.74 Å². The van der Waals surface area contributed by atoms with Gasteiger partial charge in [-0.3, -0.25) is 15.2 Å². The summed E-state index contributed by atoms with van der Waals surface area (Å²) in [4.78, 5) is 15.8. The van der Waals surface area contributed by atoms with Gasteiger partial charge in [0.15, 0.2) is 6.61 Å². The number of anilines is 1. The first-order valence-corrected chi connectivity index (χ1v) is 7.14. The topological polar surface area (TPSA) is 79.9 Å². The number of aromatic amines is 1. The molecule has 1 amide bonds. The lowest BCUT2D eigenvalue weighted by atomic mass is 9.92. The molecule has 6 nitrogen and oxygen atoms in total. The van der Waals surface area contributed by atoms with E-state index < -0.39 is 0 Å². The highest BCUT2D eigenvalue weighted by Gasteiger charge is 2.11. The molecule has 1 aromatic carbocycles. The van der Waals surface area contributed by atoms with Gasteiger partial charge < -0.3 is 4.74 Å². The highest BCUT2D eigenvalue weighted by atomic mass is 16.5. The second kappa shape index (κ2) is 5.95. The Morgan fingerprint density at radius 2 is 2.14 bits per heavy atom. The summed E-state index contributed by atoms with van der Waals surface area (Å²) in [6.45, 7) is 1.72. The second-order valence-electron chi connectivity index (χ2n) is 5.22. The monoisotopic (exact) mass is 286 g/mol. The summed E-state index contributed by atoms with van der Waals surface area (Å²) >= 11 is 0. The van der Waals surface area contributed by atoms with Gasteiger partial charge in [-0.05, 0) is 55.9 Å². The molecule has 1 aliphatic carbocycles. The number of nitrogens with one attached hydrogen (secondary N) is 2. The van der Waals surface area contributed by atoms with Crippen molar-refractivity contribution in [3.05, 3.63) is 35.2 Å². The van der Waals surface area contributed by atoms with Crippen LogP contribution in [0.4, 0.5) is 5.95 Å². The van der Waals surface area contributed by atoms with Crippen molar-refractivity contribution in [2.75, 3.05) is 11.9 Å². The molecule has 1 aliphatic rings. The number of nitrogens with zero attached hydrogens (tertiary/aromatic N) is 2. The number of aromatic nitrogens is 3. The highest BCUT2D eigenvalue weighted by Crippen LogP contribution is 2.25. The largest absolute Gasteiger partial charge is 0.484 e. The molecule has 0 fully saturated rings. The number of H-pyrrole nitrogens is 1. The van der Waals surface area contributed by atoms with Crippen LogP contribution in [-0.2, 0) is 17.6 Å². The summed E-state index contributed by atoms with van der Waals surface area (Å²) in [5.41, 5.74) is 2.73. The van der Waals surface area contributed by atoms with Crippen molar-refractivity contribution in [1.29, 1.82) is 0 Å². The summed E-state index contributed by atoms with van der Waals surface area (Å²) in [6.07, 6.45) is 4.71. The van der Waals surface area contributed by atoms with Crippen LogP contribution in [0.25, 0.3) is 0 Å². The molecule has 6 heteroatoms. The molecule has 0 atom stereocenters. The number of aryl methyl sites for hydroxylation is 3. The van der Waals surface area contributed by atoms with Gasteiger partial charge in [0, 0.05) is 0 Å². The fraction of sp³-hybridized carbons (Fsp3) is 0.400. The number of carbonyl (C=O) groups is 1. The van der Waals surface area contributed by atoms with Crippen LogP contribution in [0.3, 0.4) is 0 Å². The molecule has 0 spiro atoms. The van der Waals surface area contributed by atoms with Crippen LogP contribution in [0.5, 0.6) is 5.75 Å². The maximum absolute atomic E-state index is 11.8. The molecule has 3 rings (SSSR count). The van der Waals surface area contributed by atoms with Crippen LogP contribution in [0.1, 0.15) is 29.8 Å². The van der Waals surface area contributed by atoms with Gasteiger partial charge in [-0.1, -0.05) is 6.07 Å². The number of rotatable bonds is 4. The van der Waals surface area contributed by atoms with E-state index in [0.29, 0.717) is 5.82 Å². The third-order valence-corrected chi connectivity index (χ3v) is 3.54. The van der Waals surface area contributed by atoms with Crippen molar-refractivity contribution in [1.82, 2.24) is 15.2 Å². The Bertz CT molecular complexity index is 651. The first-order valence-electron chi connectivity index (χ1n) is 7.14. The van der Waals surface area contributed by atoms with Gasteiger partial charge in [-0.2, -0.15) is 4.98 Å². The fourth-order valence-corrected chi connectivity index (χ4v) is 2.51. The second-order valence-corrected chi connectivity index (χ2v) is 5.22. The maximum atomic E-state index is 11.8. The zero-order valence-corrected chi connectivity index (χ0v) is 12.0. The summed E-state index contributed by atoms with van der Waals surface area (Å²) < 4.78 is 5.54. The van der Waals surface area contributed by atoms with Crippen LogP contribution in [0.2, 0.25) is 0 Å². The van der Waals surface area contributed by atoms with E-state index in [1.165, 1.54) is 24.0 Å². The molecule has 21 heavy (non-hydrogen) atoms. The molecule has 0 saturated carbocycles. The Morgan fingerprint density at radius 3 is 2.90 bits per heavy atom. The molecule has 1 aromatic heterocycles. The number of amides is 1. The van der Waals surface area contributed by atoms with E-state index >= 15 is 0 Å². The van der Waals surface area contributed by atoms with Crippen LogP contribution in [0.15, 0.2) is 18.2 Å². The number of fused-ring (bicyclic) bond motifs is 1. The van der Waals surface area contributed by atoms with E-state index in [9.17, 15) is 4.79 Å². The van der Waals surface area contributed by atoms with Gasteiger partial charge in [0.25, 0.3) is 5.91 Å². The molecule has 0 saturated heterocycles. The standard InChI is InChI=1S/C15H18N4O2/c1-10-16-15(19-18-10)17-14(20)9-21-13-7-6-11-4-2-3-5-12(11)8-13/h6-8H,2-5,9H2,1H3,(H2,16,17,18,19,20). The van der Waals surface area contributed by atoms with E-state index in [0.717, 1.165) is 18.6 Å². The van der Waals surface area contributed by atoms with Gasteiger partial charge in [0.2, 0.25) is 5.95 Å². The fourth-order valence-electron chi connectivity index (χ4n) is 2.51. The smallest absolute Gasteiger partial charge is 0.264 e. The van der Waals surface area contributed by atoms with Crippen LogP contribution < -0.4 is 10.1 Å². The van der Waals surface area contributed by atoms with Crippen LogP contribution >= 0.6 is 0 Å². The van der Waals surface area contributed by atoms with Crippen LogP contribution in [-0.4, -0.2) is 27.7 Å². The Hall–Kier alpha value is -2.37. The van der Waals surface area contributed by atoms with Crippen molar-refractivity contribution in [3.63, 3.8) is 0 Å². The number of ether oxygens (including phenoxy) is 1. The molecule has 0 unspecified atom stereocenters. The van der Waals surface area contributed by atoms with E-state index in [-0.39, 0.29) is 18.5 Å². The first-order chi connectivity index (χ1) is 10.2. The van der Waals surface area contributed by atoms with Crippen molar-refractivity contribution < 1.29 is 9.53 Å². The molecular weight excluding hydrogens is 268 g/mol. The van der Waals surface area contributed by atoms with Gasteiger partial charge in [-0.15, -0.1) is 5.10 Å². The number of carbonyl (C=O) groups excluding carboxylic acids is 1. The number of hydrogen-bond donors (Lipinski definition) is 2. The molecule has 0 aliphatic heterocycles. The summed E-state index contributed by atoms with van der Waals surface area (Å²) in [5.74, 6) is 1.39. The van der Waals surface area contributed by atoms with Gasteiger partial charge in [0.1, 0.15) is 11.6 Å². The van der Waals surface area contributed by atoms with Crippen molar-refractivity contribution >= 4 is 11.9 Å². The summed E-state index contributed by atoms with van der Waals surface area (Å²) in [7, 11) is 0. The zero-order valence-electron chi connectivity index (χ0n) is 12.0. The minimum absolute atomic E-state index is 0.0492. The van der Waals surface area contributed by atoms with Gasteiger partial charge in [-0.25, -0.2) is 0 Å². The molecule has 1 heterocycles. The zero-order chi connectivity index (χ0) is 14.7. The van der Waals surface area contributed by atoms with E-state index in [1.54, 1.807) is 6.92 Å². The quantitative estimate of drug-likeness (QED) is 0.901. The molecule has 2 aromatic rings. The molecular formula is C15H18N4O2. The van der Waals surface area contributed by atoms with E-state index in [2.05, 4.69) is 26.6 Å². The summed E-state index contributed by atoms with van der Waals surface area (Å²) in [6, 6.07) is 6.06. The minimum Gasteiger partial charge on any atom is -0.484 e. The Labute approximate surface area is 122 Å². The first kappa shape index (κ1) is 13.6. The molecule has 0 radical (unpaired) electrons. The Kier molecular flexibility index (Phi) is 3.85. The van der Waals surface area contributed by atoms with Crippen LogP contribution in [0, 0.1) is 6.92 Å². The number of benzene rings is 1. The highest BCUT2D eigenvalue weighted by molar-refractivity contribution is 5.90. The Morgan fingerprint density at radius 1 is 1.33 bits per heavy atom. The summed E-state index contributed by atoms with van der Waals surface area (Å²) in [5, 5.41) is 9.09.